The SMILES string of the molecule is O=C(CCN(CCO)C1CC1)Nc1cccc2ccccc12. The summed E-state index contributed by atoms with van der Waals surface area (Å²) in [5, 5.41) is 14.3. The molecule has 0 aromatic heterocycles. The molecule has 22 heavy (non-hydrogen) atoms. The Labute approximate surface area is 130 Å². The third kappa shape index (κ3) is 3.64. The van der Waals surface area contributed by atoms with Crippen molar-refractivity contribution >= 4 is 22.4 Å². The van der Waals surface area contributed by atoms with Gasteiger partial charge < -0.3 is 10.4 Å². The monoisotopic (exact) mass is 298 g/mol. The molecule has 1 fully saturated rings. The fourth-order valence-corrected chi connectivity index (χ4v) is 2.84. The second kappa shape index (κ2) is 6.90. The molecule has 0 unspecified atom stereocenters. The van der Waals surface area contributed by atoms with E-state index in [2.05, 4.69) is 10.2 Å². The number of carbonyl (C=O) groups is 1. The molecule has 0 aliphatic heterocycles. The van der Waals surface area contributed by atoms with Crippen LogP contribution in [0.5, 0.6) is 0 Å². The first-order chi connectivity index (χ1) is 10.8. The Balaban J connectivity index is 1.61. The fraction of sp³-hybridized carbons (Fsp3) is 0.389. The van der Waals surface area contributed by atoms with E-state index < -0.39 is 0 Å². The smallest absolute Gasteiger partial charge is 0.225 e. The van der Waals surface area contributed by atoms with E-state index in [1.807, 2.05) is 42.5 Å². The van der Waals surface area contributed by atoms with Crippen LogP contribution in [0.15, 0.2) is 42.5 Å². The van der Waals surface area contributed by atoms with Crippen LogP contribution < -0.4 is 5.32 Å². The van der Waals surface area contributed by atoms with Crippen LogP contribution in [0.3, 0.4) is 0 Å². The van der Waals surface area contributed by atoms with Crippen molar-refractivity contribution in [3.63, 3.8) is 0 Å². The van der Waals surface area contributed by atoms with Gasteiger partial charge in [-0.15, -0.1) is 0 Å². The van der Waals surface area contributed by atoms with Gasteiger partial charge in [0.15, 0.2) is 0 Å². The first-order valence-corrected chi connectivity index (χ1v) is 7.90. The maximum Gasteiger partial charge on any atom is 0.225 e. The molecule has 0 heterocycles. The predicted octanol–water partition coefficient (Wildman–Crippen LogP) is 2.63. The van der Waals surface area contributed by atoms with Gasteiger partial charge in [-0.3, -0.25) is 9.69 Å². The first-order valence-electron chi connectivity index (χ1n) is 7.90. The number of aliphatic hydroxyl groups excluding tert-OH is 1. The molecule has 0 atom stereocenters. The topological polar surface area (TPSA) is 52.6 Å². The summed E-state index contributed by atoms with van der Waals surface area (Å²) in [6.07, 6.45) is 2.83. The fourth-order valence-electron chi connectivity index (χ4n) is 2.84. The molecule has 2 aromatic rings. The van der Waals surface area contributed by atoms with Crippen LogP contribution in [0.2, 0.25) is 0 Å². The van der Waals surface area contributed by atoms with Crippen LogP contribution in [0, 0.1) is 0 Å². The van der Waals surface area contributed by atoms with E-state index in [0.29, 0.717) is 25.6 Å². The van der Waals surface area contributed by atoms with Crippen molar-refractivity contribution in [2.75, 3.05) is 25.0 Å². The summed E-state index contributed by atoms with van der Waals surface area (Å²) in [5.74, 6) is 0.0277. The van der Waals surface area contributed by atoms with Crippen molar-refractivity contribution in [3.8, 4) is 0 Å². The van der Waals surface area contributed by atoms with Gasteiger partial charge in [-0.2, -0.15) is 0 Å². The van der Waals surface area contributed by atoms with Crippen LogP contribution in [0.25, 0.3) is 10.8 Å². The number of nitrogens with one attached hydrogen (secondary N) is 1. The Hall–Kier alpha value is -1.91. The molecule has 4 heteroatoms. The average Bonchev–Trinajstić information content (AvgIpc) is 3.37. The Morgan fingerprint density at radius 2 is 1.91 bits per heavy atom. The molecule has 4 nitrogen and oxygen atoms in total. The van der Waals surface area contributed by atoms with E-state index >= 15 is 0 Å². The highest BCUT2D eigenvalue weighted by Gasteiger charge is 2.28. The second-order valence-electron chi connectivity index (χ2n) is 5.82. The van der Waals surface area contributed by atoms with Crippen LogP contribution in [0.1, 0.15) is 19.3 Å². The summed E-state index contributed by atoms with van der Waals surface area (Å²) < 4.78 is 0. The lowest BCUT2D eigenvalue weighted by Crippen LogP contribution is -2.32. The number of fused-ring (bicyclic) bond motifs is 1. The van der Waals surface area contributed by atoms with Crippen molar-refractivity contribution in [1.82, 2.24) is 4.90 Å². The van der Waals surface area contributed by atoms with E-state index in [4.69, 9.17) is 5.11 Å². The van der Waals surface area contributed by atoms with E-state index in [-0.39, 0.29) is 12.5 Å². The number of aliphatic hydroxyl groups is 1. The van der Waals surface area contributed by atoms with Gasteiger partial charge in [0.1, 0.15) is 0 Å². The molecule has 116 valence electrons. The molecule has 1 aliphatic carbocycles. The molecule has 2 aromatic carbocycles. The van der Waals surface area contributed by atoms with E-state index in [0.717, 1.165) is 16.5 Å². The van der Waals surface area contributed by atoms with Gasteiger partial charge in [0.05, 0.1) is 6.61 Å². The number of hydrogen-bond donors (Lipinski definition) is 2. The van der Waals surface area contributed by atoms with Gasteiger partial charge in [-0.1, -0.05) is 36.4 Å². The summed E-state index contributed by atoms with van der Waals surface area (Å²) in [5.41, 5.74) is 0.864. The van der Waals surface area contributed by atoms with Crippen molar-refractivity contribution in [1.29, 1.82) is 0 Å². The van der Waals surface area contributed by atoms with Gasteiger partial charge in [-0.25, -0.2) is 0 Å². The van der Waals surface area contributed by atoms with Crippen LogP contribution in [-0.4, -0.2) is 41.7 Å². The minimum Gasteiger partial charge on any atom is -0.395 e. The number of hydrogen-bond acceptors (Lipinski definition) is 3. The molecule has 0 bridgehead atoms. The molecular formula is C18H22N2O2. The standard InChI is InChI=1S/C18H22N2O2/c21-13-12-20(15-8-9-15)11-10-18(22)19-17-7-3-5-14-4-1-2-6-16(14)17/h1-7,15,21H,8-13H2,(H,19,22). The molecule has 2 N–H and O–H groups in total. The van der Waals surface area contributed by atoms with Crippen molar-refractivity contribution in [2.24, 2.45) is 0 Å². The molecule has 3 rings (SSSR count). The molecule has 1 amide bonds. The van der Waals surface area contributed by atoms with Crippen molar-refractivity contribution in [3.05, 3.63) is 42.5 Å². The van der Waals surface area contributed by atoms with E-state index in [9.17, 15) is 4.79 Å². The number of amides is 1. The van der Waals surface area contributed by atoms with Gasteiger partial charge >= 0.3 is 0 Å². The molecule has 0 spiro atoms. The highest BCUT2D eigenvalue weighted by Crippen LogP contribution is 2.27. The molecule has 1 aliphatic rings. The Morgan fingerprint density at radius 3 is 2.68 bits per heavy atom. The first kappa shape index (κ1) is 15.0. The Bertz CT molecular complexity index is 647. The summed E-state index contributed by atoms with van der Waals surface area (Å²) in [7, 11) is 0. The van der Waals surface area contributed by atoms with Crippen LogP contribution in [0.4, 0.5) is 5.69 Å². The number of carbonyl (C=O) groups excluding carboxylic acids is 1. The summed E-state index contributed by atoms with van der Waals surface area (Å²) in [6, 6.07) is 14.5. The normalized spacial score (nSPS) is 14.5. The predicted molar refractivity (Wildman–Crippen MR) is 88.9 cm³/mol. The largest absolute Gasteiger partial charge is 0.395 e. The minimum atomic E-state index is 0.0277. The van der Waals surface area contributed by atoms with Gasteiger partial charge in [0.25, 0.3) is 0 Å². The van der Waals surface area contributed by atoms with E-state index in [1.165, 1.54) is 12.8 Å². The molecule has 1 saturated carbocycles. The van der Waals surface area contributed by atoms with Crippen molar-refractivity contribution in [2.45, 2.75) is 25.3 Å². The second-order valence-corrected chi connectivity index (χ2v) is 5.82. The quantitative estimate of drug-likeness (QED) is 0.826. The highest BCUT2D eigenvalue weighted by atomic mass is 16.3. The third-order valence-electron chi connectivity index (χ3n) is 4.14. The summed E-state index contributed by atoms with van der Waals surface area (Å²) in [6.45, 7) is 1.52. The average molecular weight is 298 g/mol. The third-order valence-corrected chi connectivity index (χ3v) is 4.14. The zero-order valence-corrected chi connectivity index (χ0v) is 12.7. The molecular weight excluding hydrogens is 276 g/mol. The van der Waals surface area contributed by atoms with Crippen molar-refractivity contribution < 1.29 is 9.90 Å². The Morgan fingerprint density at radius 1 is 1.14 bits per heavy atom. The van der Waals surface area contributed by atoms with E-state index in [1.54, 1.807) is 0 Å². The number of benzene rings is 2. The lowest BCUT2D eigenvalue weighted by atomic mass is 10.1. The lowest BCUT2D eigenvalue weighted by molar-refractivity contribution is -0.116. The number of nitrogens with zero attached hydrogens (tertiary/aromatic N) is 1. The van der Waals surface area contributed by atoms with Gasteiger partial charge in [0.2, 0.25) is 5.91 Å². The van der Waals surface area contributed by atoms with Gasteiger partial charge in [0, 0.05) is 36.6 Å². The molecule has 0 saturated heterocycles. The lowest BCUT2D eigenvalue weighted by Gasteiger charge is -2.20. The zero-order chi connectivity index (χ0) is 15.4. The maximum absolute atomic E-state index is 12.2. The number of anilines is 1. The minimum absolute atomic E-state index is 0.0277. The van der Waals surface area contributed by atoms with Crippen LogP contribution in [-0.2, 0) is 4.79 Å². The summed E-state index contributed by atoms with van der Waals surface area (Å²) >= 11 is 0. The number of rotatable bonds is 7. The van der Waals surface area contributed by atoms with Crippen LogP contribution >= 0.6 is 0 Å². The highest BCUT2D eigenvalue weighted by molar-refractivity contribution is 6.02. The zero-order valence-electron chi connectivity index (χ0n) is 12.7. The Kier molecular flexibility index (Phi) is 4.71. The summed E-state index contributed by atoms with van der Waals surface area (Å²) in [4.78, 5) is 14.4. The molecule has 0 radical (unpaired) electrons. The van der Waals surface area contributed by atoms with Gasteiger partial charge in [-0.05, 0) is 24.3 Å². The maximum atomic E-state index is 12.2.